The summed E-state index contributed by atoms with van der Waals surface area (Å²) in [6, 6.07) is 5.72. The van der Waals surface area contributed by atoms with Gasteiger partial charge in [-0.3, -0.25) is 13.9 Å². The number of nitrogens with zero attached hydrogens (tertiary/aromatic N) is 2. The van der Waals surface area contributed by atoms with Crippen molar-refractivity contribution in [1.82, 2.24) is 9.13 Å². The second-order valence-corrected chi connectivity index (χ2v) is 4.80. The van der Waals surface area contributed by atoms with Crippen LogP contribution in [-0.4, -0.2) is 9.13 Å². The molecule has 0 saturated carbocycles. The smallest absolute Gasteiger partial charge is 0.293 e. The van der Waals surface area contributed by atoms with Crippen LogP contribution in [-0.2, 0) is 34.3 Å². The molecule has 22 heavy (non-hydrogen) atoms. The molecule has 1 aromatic heterocycles. The predicted octanol–water partition coefficient (Wildman–Crippen LogP) is 2.31. The molecule has 0 aliphatic heterocycles. The summed E-state index contributed by atoms with van der Waals surface area (Å²) >= 11 is 5.73. The molecule has 0 spiro atoms. The fourth-order valence-corrected chi connectivity index (χ4v) is 2.14. The van der Waals surface area contributed by atoms with E-state index in [9.17, 15) is 22.8 Å². The van der Waals surface area contributed by atoms with Crippen LogP contribution in [0.5, 0.6) is 0 Å². The number of aryl methyl sites for hydroxylation is 1. The molecular weight excluding hydrogens is 492 g/mol. The normalized spacial score (nSPS) is 11.2. The molecule has 0 unspecified atom stereocenters. The Hall–Kier alpha value is -1.33. The van der Waals surface area contributed by atoms with Crippen molar-refractivity contribution < 1.29 is 34.2 Å². The molecule has 0 aliphatic carbocycles. The molecule has 0 saturated heterocycles. The largest absolute Gasteiger partial charge is 2.00 e. The first kappa shape index (κ1) is 18.7. The number of alkyl halides is 3. The Kier molecular flexibility index (Phi) is 5.46. The van der Waals surface area contributed by atoms with Crippen molar-refractivity contribution in [3.8, 4) is 5.69 Å². The average Bonchev–Trinajstić information content (AvgIpc) is 2.35. The summed E-state index contributed by atoms with van der Waals surface area (Å²) in [5.41, 5.74) is -2.85. The molecule has 0 N–H and O–H groups in total. The van der Waals surface area contributed by atoms with Crippen LogP contribution in [0.1, 0.15) is 11.3 Å². The first-order chi connectivity index (χ1) is 9.62. The predicted molar refractivity (Wildman–Crippen MR) is 70.9 cm³/mol. The molecule has 2 rings (SSSR count). The van der Waals surface area contributed by atoms with E-state index >= 15 is 0 Å². The standard InChI is InChI=1S/C13H9ClF3N2O2.W/c1-7-5-8(14)3-4-9(7)19-11(20)6-10(13(15,16)17)18(2)12(19)21;/h4-6H,1-2H3;/q-1;+2. The van der Waals surface area contributed by atoms with Crippen molar-refractivity contribution >= 4 is 11.6 Å². The van der Waals surface area contributed by atoms with Crippen LogP contribution in [0.3, 0.4) is 0 Å². The molecule has 0 bridgehead atoms. The number of rotatable bonds is 1. The number of halogens is 4. The third-order valence-corrected chi connectivity index (χ3v) is 3.16. The van der Waals surface area contributed by atoms with Gasteiger partial charge in [0.05, 0.1) is 0 Å². The molecule has 0 fully saturated rings. The minimum Gasteiger partial charge on any atom is -0.293 e. The van der Waals surface area contributed by atoms with E-state index in [1.807, 2.05) is 0 Å². The molecule has 0 atom stereocenters. The van der Waals surface area contributed by atoms with E-state index in [1.165, 1.54) is 12.1 Å². The second kappa shape index (κ2) is 6.42. The molecule has 116 valence electrons. The zero-order valence-corrected chi connectivity index (χ0v) is 15.1. The van der Waals surface area contributed by atoms with Crippen LogP contribution in [0.2, 0.25) is 5.02 Å². The number of benzene rings is 1. The maximum Gasteiger partial charge on any atom is 2.00 e. The Morgan fingerprint density at radius 2 is 1.82 bits per heavy atom. The van der Waals surface area contributed by atoms with Crippen molar-refractivity contribution in [1.29, 1.82) is 0 Å². The van der Waals surface area contributed by atoms with Crippen LogP contribution in [0.25, 0.3) is 5.69 Å². The van der Waals surface area contributed by atoms with Crippen LogP contribution < -0.4 is 11.2 Å². The van der Waals surface area contributed by atoms with Gasteiger partial charge in [0.2, 0.25) is 5.56 Å². The molecule has 2 aromatic rings. The Balaban J connectivity index is 0.00000242. The number of aromatic nitrogens is 2. The van der Waals surface area contributed by atoms with Gasteiger partial charge in [-0.2, -0.15) is 25.3 Å². The van der Waals surface area contributed by atoms with Gasteiger partial charge in [0.15, 0.2) is 0 Å². The van der Waals surface area contributed by atoms with Crippen molar-refractivity contribution in [2.75, 3.05) is 0 Å². The van der Waals surface area contributed by atoms with Gasteiger partial charge in [0.1, 0.15) is 5.69 Å². The van der Waals surface area contributed by atoms with Crippen LogP contribution >= 0.6 is 11.6 Å². The summed E-state index contributed by atoms with van der Waals surface area (Å²) in [7, 11) is 0.954. The summed E-state index contributed by atoms with van der Waals surface area (Å²) in [5.74, 6) is 0. The Morgan fingerprint density at radius 1 is 1.23 bits per heavy atom. The minimum atomic E-state index is -4.78. The van der Waals surface area contributed by atoms with E-state index in [4.69, 9.17) is 11.6 Å². The fraction of sp³-hybridized carbons (Fsp3) is 0.231. The summed E-state index contributed by atoms with van der Waals surface area (Å²) in [4.78, 5) is 24.0. The quantitative estimate of drug-likeness (QED) is 0.564. The van der Waals surface area contributed by atoms with Crippen molar-refractivity contribution in [3.05, 3.63) is 61.4 Å². The van der Waals surface area contributed by atoms with Gasteiger partial charge in [0.25, 0.3) is 0 Å². The van der Waals surface area contributed by atoms with Crippen LogP contribution in [0.4, 0.5) is 13.2 Å². The molecule has 1 aromatic carbocycles. The van der Waals surface area contributed by atoms with Crippen LogP contribution in [0, 0.1) is 13.0 Å². The summed E-state index contributed by atoms with van der Waals surface area (Å²) in [6.45, 7) is 1.58. The Bertz CT molecular complexity index is 828. The van der Waals surface area contributed by atoms with Gasteiger partial charge in [-0.15, -0.1) is 23.2 Å². The summed E-state index contributed by atoms with van der Waals surface area (Å²) < 4.78 is 39.3. The molecule has 4 nitrogen and oxygen atoms in total. The number of hydrogen-bond donors (Lipinski definition) is 0. The molecule has 0 radical (unpaired) electrons. The van der Waals surface area contributed by atoms with Gasteiger partial charge in [-0.25, -0.2) is 4.79 Å². The van der Waals surface area contributed by atoms with Gasteiger partial charge in [0, 0.05) is 13.1 Å². The van der Waals surface area contributed by atoms with Gasteiger partial charge < -0.3 is 0 Å². The maximum absolute atomic E-state index is 12.7. The van der Waals surface area contributed by atoms with E-state index < -0.39 is 23.1 Å². The summed E-state index contributed by atoms with van der Waals surface area (Å²) in [6.07, 6.45) is -4.78. The van der Waals surface area contributed by atoms with Gasteiger partial charge in [-0.1, -0.05) is 17.6 Å². The molecular formula is C13H9ClF3N2O2W+. The maximum atomic E-state index is 12.7. The fourth-order valence-electron chi connectivity index (χ4n) is 1.92. The first-order valence-electron chi connectivity index (χ1n) is 5.71. The third-order valence-electron chi connectivity index (χ3n) is 2.95. The molecule has 1 heterocycles. The monoisotopic (exact) mass is 501 g/mol. The van der Waals surface area contributed by atoms with E-state index in [-0.39, 0.29) is 31.8 Å². The van der Waals surface area contributed by atoms with Crippen LogP contribution in [0.15, 0.2) is 27.8 Å². The Morgan fingerprint density at radius 3 is 2.32 bits per heavy atom. The topological polar surface area (TPSA) is 44.0 Å². The van der Waals surface area contributed by atoms with Crippen molar-refractivity contribution in [2.45, 2.75) is 13.1 Å². The SMILES string of the molecule is Cc1cc(Cl)[c-]cc1-n1c(=O)cc(C(F)(F)F)n(C)c1=O.[W+2]. The minimum absolute atomic E-state index is 0. The molecule has 0 amide bonds. The van der Waals surface area contributed by atoms with E-state index in [0.717, 1.165) is 7.05 Å². The first-order valence-corrected chi connectivity index (χ1v) is 6.09. The van der Waals surface area contributed by atoms with E-state index in [0.29, 0.717) is 20.8 Å². The zero-order chi connectivity index (χ0) is 15.9. The van der Waals surface area contributed by atoms with Crippen molar-refractivity contribution in [3.63, 3.8) is 0 Å². The molecule has 9 heteroatoms. The summed E-state index contributed by atoms with van der Waals surface area (Å²) in [5, 5.41) is 0.271. The number of hydrogen-bond acceptors (Lipinski definition) is 2. The second-order valence-electron chi connectivity index (χ2n) is 4.39. The average molecular weight is 502 g/mol. The third kappa shape index (κ3) is 3.36. The van der Waals surface area contributed by atoms with Crippen molar-refractivity contribution in [2.24, 2.45) is 7.05 Å². The van der Waals surface area contributed by atoms with Gasteiger partial charge >= 0.3 is 32.9 Å². The zero-order valence-electron chi connectivity index (χ0n) is 11.4. The van der Waals surface area contributed by atoms with E-state index in [2.05, 4.69) is 6.07 Å². The Labute approximate surface area is 142 Å². The van der Waals surface area contributed by atoms with E-state index in [1.54, 1.807) is 6.92 Å². The van der Waals surface area contributed by atoms with Gasteiger partial charge in [-0.05, 0) is 0 Å². The molecule has 0 aliphatic rings.